The van der Waals surface area contributed by atoms with Crippen molar-refractivity contribution in [3.63, 3.8) is 0 Å². The van der Waals surface area contributed by atoms with Crippen LogP contribution in [0.25, 0.3) is 11.2 Å². The number of fused-ring (bicyclic) bond motifs is 1. The number of morpholine rings is 1. The zero-order valence-electron chi connectivity index (χ0n) is 24.5. The molecule has 4 fully saturated rings. The van der Waals surface area contributed by atoms with Gasteiger partial charge in [-0.3, -0.25) is 10.3 Å². The van der Waals surface area contributed by atoms with Gasteiger partial charge in [-0.15, -0.1) is 5.48 Å². The van der Waals surface area contributed by atoms with Crippen molar-refractivity contribution in [1.29, 1.82) is 0 Å². The third-order valence-corrected chi connectivity index (χ3v) is 9.60. The first-order chi connectivity index (χ1) is 20.5. The molecule has 0 radical (unpaired) electrons. The molecule has 0 spiro atoms. The first kappa shape index (κ1) is 27.3. The summed E-state index contributed by atoms with van der Waals surface area (Å²) < 4.78 is 8.32. The minimum atomic E-state index is -0.653. The summed E-state index contributed by atoms with van der Waals surface area (Å²) in [5.74, 6) is 3.97. The van der Waals surface area contributed by atoms with Crippen molar-refractivity contribution in [3.05, 3.63) is 35.9 Å². The number of aromatic nitrogens is 5. The van der Waals surface area contributed by atoms with E-state index in [1.165, 1.54) is 44.9 Å². The van der Waals surface area contributed by atoms with E-state index in [1.54, 1.807) is 0 Å². The zero-order chi connectivity index (χ0) is 28.6. The van der Waals surface area contributed by atoms with Crippen molar-refractivity contribution in [2.24, 2.45) is 17.8 Å². The largest absolute Gasteiger partial charge is 0.427 e. The third kappa shape index (κ3) is 5.37. The van der Waals surface area contributed by atoms with Crippen LogP contribution >= 0.6 is 0 Å². The molecule has 2 aliphatic heterocycles. The molecule has 42 heavy (non-hydrogen) atoms. The van der Waals surface area contributed by atoms with Gasteiger partial charge in [0.1, 0.15) is 5.52 Å². The molecule has 3 aromatic heterocycles. The molecule has 1 unspecified atom stereocenters. The Kier molecular flexibility index (Phi) is 7.57. The van der Waals surface area contributed by atoms with Crippen molar-refractivity contribution in [1.82, 2.24) is 35.3 Å². The van der Waals surface area contributed by atoms with E-state index in [2.05, 4.69) is 45.5 Å². The SMILES string of the molecule is CC1CCC(Cn2c(N3CCOC[C@H]3c3ccccn3)nc3nc(C4NOC(=O)N4)nc(N[C@H](C)C4CCC4)c32)CC1. The van der Waals surface area contributed by atoms with Crippen LogP contribution in [0.3, 0.4) is 0 Å². The Bertz CT molecular complexity index is 1400. The van der Waals surface area contributed by atoms with E-state index in [-0.39, 0.29) is 12.1 Å². The van der Waals surface area contributed by atoms with E-state index in [0.29, 0.717) is 43.1 Å². The lowest BCUT2D eigenvalue weighted by Crippen LogP contribution is -2.41. The van der Waals surface area contributed by atoms with Gasteiger partial charge >= 0.3 is 6.09 Å². The van der Waals surface area contributed by atoms with Crippen LogP contribution in [-0.4, -0.2) is 56.4 Å². The fraction of sp³-hybridized carbons (Fsp3) is 0.633. The monoisotopic (exact) mass is 575 g/mol. The van der Waals surface area contributed by atoms with E-state index >= 15 is 0 Å². The lowest BCUT2D eigenvalue weighted by Gasteiger charge is -2.37. The highest BCUT2D eigenvalue weighted by Gasteiger charge is 2.35. The topological polar surface area (TPSA) is 131 Å². The lowest BCUT2D eigenvalue weighted by atomic mass is 9.80. The van der Waals surface area contributed by atoms with Crippen molar-refractivity contribution >= 4 is 29.0 Å². The Balaban J connectivity index is 1.35. The van der Waals surface area contributed by atoms with E-state index in [0.717, 1.165) is 35.4 Å². The summed E-state index contributed by atoms with van der Waals surface area (Å²) in [6.45, 7) is 7.29. The number of amides is 1. The second-order valence-corrected chi connectivity index (χ2v) is 12.5. The molecule has 1 amide bonds. The maximum atomic E-state index is 11.9. The van der Waals surface area contributed by atoms with Gasteiger partial charge in [0.05, 0.1) is 24.9 Å². The van der Waals surface area contributed by atoms with Gasteiger partial charge in [0.25, 0.3) is 0 Å². The molecule has 3 atom stereocenters. The Morgan fingerprint density at radius 2 is 1.98 bits per heavy atom. The van der Waals surface area contributed by atoms with Crippen LogP contribution in [-0.2, 0) is 16.1 Å². The molecule has 3 N–H and O–H groups in total. The molecule has 2 aliphatic carbocycles. The number of imidazole rings is 1. The predicted molar refractivity (Wildman–Crippen MR) is 158 cm³/mol. The highest BCUT2D eigenvalue weighted by molar-refractivity contribution is 5.86. The number of hydroxylamine groups is 1. The molecule has 12 heteroatoms. The number of hydrogen-bond donors (Lipinski definition) is 3. The summed E-state index contributed by atoms with van der Waals surface area (Å²) in [5, 5.41) is 6.51. The number of rotatable bonds is 8. The number of carbonyl (C=O) groups excluding carboxylic acids is 1. The summed E-state index contributed by atoms with van der Waals surface area (Å²) in [6, 6.07) is 6.20. The van der Waals surface area contributed by atoms with Gasteiger partial charge in [-0.05, 0) is 62.5 Å². The van der Waals surface area contributed by atoms with Crippen molar-refractivity contribution < 1.29 is 14.4 Å². The first-order valence-corrected chi connectivity index (χ1v) is 15.6. The number of carbonyl (C=O) groups is 1. The minimum Gasteiger partial charge on any atom is -0.377 e. The van der Waals surface area contributed by atoms with Crippen LogP contribution in [0.5, 0.6) is 0 Å². The average molecular weight is 576 g/mol. The number of ether oxygens (including phenoxy) is 1. The second-order valence-electron chi connectivity index (χ2n) is 12.5. The lowest BCUT2D eigenvalue weighted by molar-refractivity contribution is 0.0916. The van der Waals surface area contributed by atoms with E-state index in [9.17, 15) is 4.79 Å². The van der Waals surface area contributed by atoms with Crippen molar-refractivity contribution in [3.8, 4) is 0 Å². The Morgan fingerprint density at radius 3 is 2.69 bits per heavy atom. The molecule has 2 saturated heterocycles. The van der Waals surface area contributed by atoms with Crippen LogP contribution in [0.15, 0.2) is 24.4 Å². The highest BCUT2D eigenvalue weighted by atomic mass is 16.7. The fourth-order valence-corrected chi connectivity index (χ4v) is 6.77. The number of hydrogen-bond acceptors (Lipinski definition) is 10. The standard InChI is InChI=1S/C30H41N9O3/c1-18-9-11-20(12-10-18)16-39-24-25(32-19(2)21-6-5-7-21)33-27(28-36-30(40)42-37-28)34-26(24)35-29(39)38-14-15-41-17-23(38)22-8-3-4-13-31-22/h3-4,8,13,18-21,23,28,37H,5-7,9-12,14-17H2,1-2H3,(H,36,40)(H,32,33,34)/t18?,19-,20?,23+,28?/m1/s1. The minimum absolute atomic E-state index is 0.0659. The maximum Gasteiger partial charge on any atom is 0.427 e. The zero-order valence-corrected chi connectivity index (χ0v) is 24.5. The van der Waals surface area contributed by atoms with E-state index in [4.69, 9.17) is 29.5 Å². The molecule has 0 bridgehead atoms. The van der Waals surface area contributed by atoms with Gasteiger partial charge in [-0.1, -0.05) is 32.3 Å². The quantitative estimate of drug-likeness (QED) is 0.354. The molecular formula is C30H41N9O3. The number of anilines is 2. The predicted octanol–water partition coefficient (Wildman–Crippen LogP) is 4.47. The van der Waals surface area contributed by atoms with Crippen LogP contribution < -0.4 is 21.0 Å². The number of pyridine rings is 1. The number of nitrogens with zero attached hydrogens (tertiary/aromatic N) is 6. The highest BCUT2D eigenvalue weighted by Crippen LogP contribution is 2.38. The van der Waals surface area contributed by atoms with Crippen LogP contribution in [0.1, 0.15) is 82.5 Å². The third-order valence-electron chi connectivity index (χ3n) is 9.60. The van der Waals surface area contributed by atoms with Gasteiger partial charge in [-0.2, -0.15) is 4.98 Å². The van der Waals surface area contributed by atoms with Crippen LogP contribution in [0.4, 0.5) is 16.6 Å². The average Bonchev–Trinajstić information content (AvgIpc) is 3.57. The van der Waals surface area contributed by atoms with Crippen LogP contribution in [0.2, 0.25) is 0 Å². The second kappa shape index (κ2) is 11.6. The Morgan fingerprint density at radius 1 is 1.12 bits per heavy atom. The molecule has 224 valence electrons. The van der Waals surface area contributed by atoms with Crippen molar-refractivity contribution in [2.75, 3.05) is 30.0 Å². The first-order valence-electron chi connectivity index (χ1n) is 15.6. The van der Waals surface area contributed by atoms with E-state index in [1.807, 2.05) is 18.3 Å². The number of nitrogens with one attached hydrogen (secondary N) is 3. The molecule has 7 rings (SSSR count). The summed E-state index contributed by atoms with van der Waals surface area (Å²) in [7, 11) is 0. The van der Waals surface area contributed by atoms with Crippen molar-refractivity contribution in [2.45, 2.75) is 83.6 Å². The van der Waals surface area contributed by atoms with Gasteiger partial charge in [0, 0.05) is 25.3 Å². The Hall–Kier alpha value is -3.51. The molecule has 3 aromatic rings. The van der Waals surface area contributed by atoms with Gasteiger partial charge < -0.3 is 24.4 Å². The van der Waals surface area contributed by atoms with E-state index < -0.39 is 12.3 Å². The fourth-order valence-electron chi connectivity index (χ4n) is 6.77. The summed E-state index contributed by atoms with van der Waals surface area (Å²) in [5.41, 5.74) is 5.19. The van der Waals surface area contributed by atoms with Gasteiger partial charge in [0.15, 0.2) is 23.5 Å². The molecular weight excluding hydrogens is 534 g/mol. The Labute approximate surface area is 245 Å². The van der Waals surface area contributed by atoms with Gasteiger partial charge in [0.2, 0.25) is 5.95 Å². The summed E-state index contributed by atoms with van der Waals surface area (Å²) in [6.07, 6.45) is 9.22. The summed E-state index contributed by atoms with van der Waals surface area (Å²) >= 11 is 0. The van der Waals surface area contributed by atoms with Gasteiger partial charge in [-0.25, -0.2) is 14.8 Å². The molecule has 2 saturated carbocycles. The molecule has 0 aromatic carbocycles. The molecule has 4 aliphatic rings. The smallest absolute Gasteiger partial charge is 0.377 e. The molecule has 12 nitrogen and oxygen atoms in total. The molecule has 5 heterocycles. The summed E-state index contributed by atoms with van der Waals surface area (Å²) in [4.78, 5) is 39.0. The van der Waals surface area contributed by atoms with Crippen LogP contribution in [0, 0.1) is 17.8 Å². The maximum absolute atomic E-state index is 11.9. The normalized spacial score (nSPS) is 27.4.